The average molecular weight is 606 g/mol. The maximum atomic E-state index is 13.0. The summed E-state index contributed by atoms with van der Waals surface area (Å²) in [6, 6.07) is 15.0. The van der Waals surface area contributed by atoms with Gasteiger partial charge in [0.15, 0.2) is 0 Å². The number of aliphatic imine (C=N–C) groups is 1. The zero-order valence-electron chi connectivity index (χ0n) is 26.2. The number of allylic oxidation sites excluding steroid dienone is 1. The van der Waals surface area contributed by atoms with Crippen molar-refractivity contribution in [2.45, 2.75) is 33.1 Å². The molecule has 0 saturated carbocycles. The minimum atomic E-state index is -0.801. The van der Waals surface area contributed by atoms with E-state index in [-0.39, 0.29) is 12.6 Å². The van der Waals surface area contributed by atoms with E-state index in [2.05, 4.69) is 37.6 Å². The van der Waals surface area contributed by atoms with Gasteiger partial charge in [0.1, 0.15) is 11.7 Å². The first kappa shape index (κ1) is 32.5. The molecule has 2 aliphatic heterocycles. The third kappa shape index (κ3) is 7.96. The van der Waals surface area contributed by atoms with Gasteiger partial charge in [-0.25, -0.2) is 9.59 Å². The number of anilines is 2. The molecular weight excluding hydrogens is 562 g/mol. The molecule has 0 aromatic heterocycles. The Morgan fingerprint density at radius 2 is 1.73 bits per heavy atom. The summed E-state index contributed by atoms with van der Waals surface area (Å²) < 4.78 is 15.6. The number of benzene rings is 2. The first-order valence-corrected chi connectivity index (χ1v) is 15.0. The number of carbonyl (C=O) groups is 3. The lowest BCUT2D eigenvalue weighted by molar-refractivity contribution is -0.144. The Morgan fingerprint density at radius 1 is 1.00 bits per heavy atom. The van der Waals surface area contributed by atoms with Crippen LogP contribution >= 0.6 is 0 Å². The second-order valence-corrected chi connectivity index (χ2v) is 10.8. The number of nitrogens with one attached hydrogen (secondary N) is 2. The first-order chi connectivity index (χ1) is 21.2. The molecule has 2 aromatic rings. The summed E-state index contributed by atoms with van der Waals surface area (Å²) in [5, 5.41) is 5.82. The van der Waals surface area contributed by atoms with E-state index in [1.54, 1.807) is 46.1 Å². The minimum Gasteiger partial charge on any atom is -0.497 e. The summed E-state index contributed by atoms with van der Waals surface area (Å²) in [6.07, 6.45) is 0.824. The Kier molecular flexibility index (Phi) is 11.4. The maximum Gasteiger partial charge on any atom is 0.336 e. The third-order valence-corrected chi connectivity index (χ3v) is 8.03. The monoisotopic (exact) mass is 605 g/mol. The molecule has 2 heterocycles. The molecule has 0 spiro atoms. The number of methoxy groups -OCH3 is 2. The molecule has 44 heavy (non-hydrogen) atoms. The van der Waals surface area contributed by atoms with Crippen molar-refractivity contribution in [2.24, 2.45) is 10.9 Å². The van der Waals surface area contributed by atoms with Gasteiger partial charge in [-0.2, -0.15) is 0 Å². The lowest BCUT2D eigenvalue weighted by Crippen LogP contribution is -2.47. The molecule has 1 saturated heterocycles. The maximum absolute atomic E-state index is 13.0. The molecular formula is C33H43N5O6. The molecule has 2 aromatic carbocycles. The van der Waals surface area contributed by atoms with Gasteiger partial charge < -0.3 is 29.7 Å². The van der Waals surface area contributed by atoms with Crippen molar-refractivity contribution in [1.82, 2.24) is 10.2 Å². The molecule has 2 amide bonds. The fourth-order valence-electron chi connectivity index (χ4n) is 5.82. The summed E-state index contributed by atoms with van der Waals surface area (Å²) in [5.41, 5.74) is 3.75. The van der Waals surface area contributed by atoms with Gasteiger partial charge in [0.2, 0.25) is 0 Å². The summed E-state index contributed by atoms with van der Waals surface area (Å²) in [4.78, 5) is 47.8. The Morgan fingerprint density at radius 3 is 2.39 bits per heavy atom. The summed E-state index contributed by atoms with van der Waals surface area (Å²) in [7, 11) is 2.98. The Hall–Kier alpha value is -4.38. The Labute approximate surface area is 259 Å². The Bertz CT molecular complexity index is 1380. The topological polar surface area (TPSA) is 122 Å². The highest BCUT2D eigenvalue weighted by Gasteiger charge is 2.42. The van der Waals surface area contributed by atoms with Crippen molar-refractivity contribution in [3.05, 3.63) is 65.4 Å². The summed E-state index contributed by atoms with van der Waals surface area (Å²) in [6.45, 7) is 10.6. The van der Waals surface area contributed by atoms with Crippen LogP contribution in [0, 0.1) is 5.92 Å². The zero-order valence-corrected chi connectivity index (χ0v) is 26.2. The Balaban J connectivity index is 1.31. The molecule has 1 fully saturated rings. The highest BCUT2D eigenvalue weighted by atomic mass is 16.5. The molecule has 236 valence electrons. The van der Waals surface area contributed by atoms with Crippen LogP contribution in [0.1, 0.15) is 38.7 Å². The van der Waals surface area contributed by atoms with Crippen molar-refractivity contribution in [2.75, 3.05) is 70.3 Å². The lowest BCUT2D eigenvalue weighted by Gasteiger charge is -2.36. The fourth-order valence-corrected chi connectivity index (χ4v) is 5.82. The highest BCUT2D eigenvalue weighted by molar-refractivity contribution is 6.07. The molecule has 2 unspecified atom stereocenters. The number of urea groups is 1. The van der Waals surface area contributed by atoms with Crippen LogP contribution in [0.2, 0.25) is 0 Å². The highest BCUT2D eigenvalue weighted by Crippen LogP contribution is 2.40. The van der Waals surface area contributed by atoms with Gasteiger partial charge in [-0.3, -0.25) is 14.7 Å². The lowest BCUT2D eigenvalue weighted by atomic mass is 9.75. The van der Waals surface area contributed by atoms with Crippen molar-refractivity contribution >= 4 is 35.1 Å². The fraction of sp³-hybridized carbons (Fsp3) is 0.455. The number of esters is 2. The average Bonchev–Trinajstić information content (AvgIpc) is 3.03. The molecule has 11 nitrogen and oxygen atoms in total. The van der Waals surface area contributed by atoms with Gasteiger partial charge in [0, 0.05) is 61.4 Å². The van der Waals surface area contributed by atoms with Crippen LogP contribution in [0.3, 0.4) is 0 Å². The molecule has 2 atom stereocenters. The smallest absolute Gasteiger partial charge is 0.336 e. The number of ether oxygens (including phenoxy) is 3. The van der Waals surface area contributed by atoms with Gasteiger partial charge in [-0.1, -0.05) is 12.1 Å². The van der Waals surface area contributed by atoms with Gasteiger partial charge in [0.05, 0.1) is 26.4 Å². The second-order valence-electron chi connectivity index (χ2n) is 10.8. The van der Waals surface area contributed by atoms with E-state index in [1.165, 1.54) is 12.8 Å². The second kappa shape index (κ2) is 15.4. The minimum absolute atomic E-state index is 0.190. The molecule has 4 rings (SSSR count). The zero-order chi connectivity index (χ0) is 31.6. The molecule has 2 aliphatic rings. The SMILES string of the molecule is CCOC(=O)C1=C(C)N=C(C)C(C(=O)OC)C1c1cccc(NC(=O)NCCCN2CCN(c3ccc(OC)cc3)CC2)c1. The standard InChI is InChI=1S/C33H43N5O6/c1-6-44-32(40)29-23(3)35-22(2)28(31(39)43-5)30(29)24-9-7-10-25(21-24)36-33(41)34-15-8-16-37-17-19-38(20-18-37)26-11-13-27(42-4)14-12-26/h7,9-14,21,28,30H,6,8,15-20H2,1-5H3,(H2,34,36,41). The molecule has 2 N–H and O–H groups in total. The van der Waals surface area contributed by atoms with Crippen molar-refractivity contribution in [1.29, 1.82) is 0 Å². The van der Waals surface area contributed by atoms with E-state index in [9.17, 15) is 14.4 Å². The van der Waals surface area contributed by atoms with E-state index in [0.717, 1.165) is 44.9 Å². The van der Waals surface area contributed by atoms with E-state index in [4.69, 9.17) is 14.2 Å². The van der Waals surface area contributed by atoms with Crippen LogP contribution < -0.4 is 20.3 Å². The van der Waals surface area contributed by atoms with Crippen molar-refractivity contribution < 1.29 is 28.6 Å². The van der Waals surface area contributed by atoms with E-state index >= 15 is 0 Å². The van der Waals surface area contributed by atoms with Gasteiger partial charge in [-0.15, -0.1) is 0 Å². The van der Waals surface area contributed by atoms with Gasteiger partial charge in [-0.05, 0) is 75.7 Å². The number of hydrogen-bond acceptors (Lipinski definition) is 9. The molecule has 11 heteroatoms. The van der Waals surface area contributed by atoms with Crippen LogP contribution in [0.25, 0.3) is 0 Å². The van der Waals surface area contributed by atoms with E-state index in [0.29, 0.717) is 34.8 Å². The number of rotatable bonds is 11. The normalized spacial score (nSPS) is 18.8. The van der Waals surface area contributed by atoms with Crippen LogP contribution in [0.5, 0.6) is 5.75 Å². The summed E-state index contributed by atoms with van der Waals surface area (Å²) >= 11 is 0. The summed E-state index contributed by atoms with van der Waals surface area (Å²) in [5.74, 6) is -1.64. The van der Waals surface area contributed by atoms with Gasteiger partial charge in [0.25, 0.3) is 0 Å². The van der Waals surface area contributed by atoms with Gasteiger partial charge >= 0.3 is 18.0 Å². The first-order valence-electron chi connectivity index (χ1n) is 15.0. The number of hydrogen-bond donors (Lipinski definition) is 2. The number of nitrogens with zero attached hydrogens (tertiary/aromatic N) is 3. The molecule has 0 bridgehead atoms. The molecule has 0 radical (unpaired) electrons. The predicted molar refractivity (Wildman–Crippen MR) is 170 cm³/mol. The largest absolute Gasteiger partial charge is 0.497 e. The number of carbonyl (C=O) groups excluding carboxylic acids is 3. The van der Waals surface area contributed by atoms with E-state index in [1.807, 2.05) is 18.2 Å². The quantitative estimate of drug-likeness (QED) is 0.289. The van der Waals surface area contributed by atoms with E-state index < -0.39 is 23.8 Å². The van der Waals surface area contributed by atoms with Crippen LogP contribution in [0.15, 0.2) is 64.8 Å². The number of piperazine rings is 1. The van der Waals surface area contributed by atoms with Crippen LogP contribution in [-0.2, 0) is 19.1 Å². The van der Waals surface area contributed by atoms with Crippen LogP contribution in [-0.4, -0.2) is 88.7 Å². The number of amides is 2. The van der Waals surface area contributed by atoms with Crippen molar-refractivity contribution in [3.63, 3.8) is 0 Å². The third-order valence-electron chi connectivity index (χ3n) is 8.03. The predicted octanol–water partition coefficient (Wildman–Crippen LogP) is 4.21. The van der Waals surface area contributed by atoms with Crippen molar-refractivity contribution in [3.8, 4) is 5.75 Å². The molecule has 0 aliphatic carbocycles. The van der Waals surface area contributed by atoms with Crippen LogP contribution in [0.4, 0.5) is 16.2 Å².